The average molecular weight is 315 g/mol. The number of rotatable bonds is 4. The van der Waals surface area contributed by atoms with Crippen LogP contribution in [0.1, 0.15) is 41.5 Å². The van der Waals surface area contributed by atoms with Crippen LogP contribution < -0.4 is 0 Å². The lowest BCUT2D eigenvalue weighted by Gasteiger charge is -2.33. The molecule has 22 heavy (non-hydrogen) atoms. The van der Waals surface area contributed by atoms with E-state index in [0.29, 0.717) is 0 Å². The predicted molar refractivity (Wildman–Crippen MR) is 99.8 cm³/mol. The zero-order valence-electron chi connectivity index (χ0n) is 16.3. The van der Waals surface area contributed by atoms with Crippen LogP contribution in [-0.2, 0) is 0 Å². The minimum atomic E-state index is 1.18. The summed E-state index contributed by atoms with van der Waals surface area (Å²) in [6.45, 7) is 27.6. The van der Waals surface area contributed by atoms with Gasteiger partial charge in [0.2, 0.25) is 0 Å². The summed E-state index contributed by atoms with van der Waals surface area (Å²) in [6.07, 6.45) is 0. The van der Waals surface area contributed by atoms with Crippen molar-refractivity contribution in [1.82, 2.24) is 19.6 Å². The normalized spacial score (nSPS) is 21.5. The maximum absolute atomic E-state index is 2.60. The van der Waals surface area contributed by atoms with Gasteiger partial charge in [-0.2, -0.15) is 0 Å². The van der Waals surface area contributed by atoms with Crippen molar-refractivity contribution in [3.63, 3.8) is 0 Å². The van der Waals surface area contributed by atoms with Crippen LogP contribution in [-0.4, -0.2) is 98.1 Å². The second kappa shape index (κ2) is 14.4. The highest BCUT2D eigenvalue weighted by molar-refractivity contribution is 4.69. The first-order valence-electron chi connectivity index (χ1n) is 9.62. The molecule has 1 fully saturated rings. The number of hydrogen-bond donors (Lipinski definition) is 0. The fourth-order valence-corrected chi connectivity index (χ4v) is 2.84. The summed E-state index contributed by atoms with van der Waals surface area (Å²) in [5.74, 6) is 0. The molecule has 0 aromatic rings. The maximum Gasteiger partial charge on any atom is 0.0110 e. The third-order valence-corrected chi connectivity index (χ3v) is 4.72. The van der Waals surface area contributed by atoms with Gasteiger partial charge in [0, 0.05) is 52.4 Å². The fourth-order valence-electron chi connectivity index (χ4n) is 2.84. The molecule has 0 aliphatic carbocycles. The summed E-state index contributed by atoms with van der Waals surface area (Å²) >= 11 is 0. The Labute approximate surface area is 140 Å². The van der Waals surface area contributed by atoms with Crippen molar-refractivity contribution in [2.24, 2.45) is 0 Å². The highest BCUT2D eigenvalue weighted by atomic mass is 15.3. The van der Waals surface area contributed by atoms with Crippen molar-refractivity contribution >= 4 is 0 Å². The van der Waals surface area contributed by atoms with Crippen molar-refractivity contribution in [3.8, 4) is 0 Å². The molecule has 1 heterocycles. The van der Waals surface area contributed by atoms with Crippen LogP contribution in [0.2, 0.25) is 0 Å². The minimum absolute atomic E-state index is 1.18. The third-order valence-electron chi connectivity index (χ3n) is 4.72. The van der Waals surface area contributed by atoms with Crippen molar-refractivity contribution < 1.29 is 0 Å². The van der Waals surface area contributed by atoms with Gasteiger partial charge in [0.1, 0.15) is 0 Å². The molecule has 0 N–H and O–H groups in total. The molecule has 0 unspecified atom stereocenters. The second-order valence-electron chi connectivity index (χ2n) is 5.74. The van der Waals surface area contributed by atoms with Crippen molar-refractivity contribution in [3.05, 3.63) is 0 Å². The van der Waals surface area contributed by atoms with Crippen molar-refractivity contribution in [1.29, 1.82) is 0 Å². The van der Waals surface area contributed by atoms with Gasteiger partial charge in [0.15, 0.2) is 0 Å². The lowest BCUT2D eigenvalue weighted by molar-refractivity contribution is 0.142. The molecule has 0 radical (unpaired) electrons. The van der Waals surface area contributed by atoms with Gasteiger partial charge in [-0.3, -0.25) is 0 Å². The van der Waals surface area contributed by atoms with Gasteiger partial charge < -0.3 is 19.6 Å². The summed E-state index contributed by atoms with van der Waals surface area (Å²) in [6, 6.07) is 0. The van der Waals surface area contributed by atoms with Crippen LogP contribution in [0.15, 0.2) is 0 Å². The van der Waals surface area contributed by atoms with Crippen LogP contribution >= 0.6 is 0 Å². The molecule has 4 heteroatoms. The molecule has 0 saturated carbocycles. The van der Waals surface area contributed by atoms with E-state index in [9.17, 15) is 0 Å². The van der Waals surface area contributed by atoms with Crippen LogP contribution in [0.4, 0.5) is 0 Å². The van der Waals surface area contributed by atoms with Crippen LogP contribution in [0, 0.1) is 0 Å². The van der Waals surface area contributed by atoms with Crippen molar-refractivity contribution in [2.75, 3.05) is 78.5 Å². The number of nitrogens with zero attached hydrogens (tertiary/aromatic N) is 4. The molecule has 0 aromatic heterocycles. The maximum atomic E-state index is 2.60. The van der Waals surface area contributed by atoms with E-state index < -0.39 is 0 Å². The van der Waals surface area contributed by atoms with Crippen LogP contribution in [0.25, 0.3) is 0 Å². The van der Waals surface area contributed by atoms with Gasteiger partial charge in [-0.25, -0.2) is 0 Å². The minimum Gasteiger partial charge on any atom is -0.301 e. The molecule has 0 spiro atoms. The SMILES string of the molecule is CC.CCN1CCN(CC)CCN(CC)CCN(CC)CC1. The Morgan fingerprint density at radius 1 is 0.409 bits per heavy atom. The third kappa shape index (κ3) is 9.09. The largest absolute Gasteiger partial charge is 0.301 e. The Balaban J connectivity index is 0.00000211. The summed E-state index contributed by atoms with van der Waals surface area (Å²) in [5.41, 5.74) is 0. The number of likely N-dealkylation sites (N-methyl/N-ethyl adjacent to an activating group) is 4. The van der Waals surface area contributed by atoms with Gasteiger partial charge >= 0.3 is 0 Å². The number of hydrogen-bond acceptors (Lipinski definition) is 4. The van der Waals surface area contributed by atoms with Crippen LogP contribution in [0.5, 0.6) is 0 Å². The van der Waals surface area contributed by atoms with E-state index in [4.69, 9.17) is 0 Å². The molecule has 1 aliphatic heterocycles. The highest BCUT2D eigenvalue weighted by Crippen LogP contribution is 2.00. The molecular weight excluding hydrogens is 272 g/mol. The van der Waals surface area contributed by atoms with E-state index in [1.807, 2.05) is 13.8 Å². The van der Waals surface area contributed by atoms with E-state index >= 15 is 0 Å². The van der Waals surface area contributed by atoms with Gasteiger partial charge in [-0.1, -0.05) is 41.5 Å². The first-order chi connectivity index (χ1) is 10.7. The monoisotopic (exact) mass is 314 g/mol. The molecule has 1 saturated heterocycles. The molecule has 0 amide bonds. The zero-order valence-corrected chi connectivity index (χ0v) is 16.3. The summed E-state index contributed by atoms with van der Waals surface area (Å²) in [7, 11) is 0. The molecule has 0 atom stereocenters. The predicted octanol–water partition coefficient (Wildman–Crippen LogP) is 2.31. The van der Waals surface area contributed by atoms with E-state index in [0.717, 1.165) is 0 Å². The van der Waals surface area contributed by atoms with Gasteiger partial charge in [-0.05, 0) is 26.2 Å². The summed E-state index contributed by atoms with van der Waals surface area (Å²) < 4.78 is 0. The first kappa shape index (κ1) is 21.8. The molecule has 0 bridgehead atoms. The molecule has 4 nitrogen and oxygen atoms in total. The molecule has 0 aromatic carbocycles. The zero-order chi connectivity index (χ0) is 16.8. The van der Waals surface area contributed by atoms with Gasteiger partial charge in [0.05, 0.1) is 0 Å². The highest BCUT2D eigenvalue weighted by Gasteiger charge is 2.13. The topological polar surface area (TPSA) is 13.0 Å². The van der Waals surface area contributed by atoms with Crippen molar-refractivity contribution in [2.45, 2.75) is 41.5 Å². The molecule has 1 rings (SSSR count). The van der Waals surface area contributed by atoms with E-state index in [2.05, 4.69) is 47.3 Å². The smallest absolute Gasteiger partial charge is 0.0110 e. The Morgan fingerprint density at radius 2 is 0.545 bits per heavy atom. The quantitative estimate of drug-likeness (QED) is 0.789. The van der Waals surface area contributed by atoms with Gasteiger partial charge in [0.25, 0.3) is 0 Å². The Hall–Kier alpha value is -0.160. The Morgan fingerprint density at radius 3 is 0.636 bits per heavy atom. The standard InChI is InChI=1S/C16H36N4.C2H6/c1-5-17-9-11-18(6-2)13-15-20(8-4)16-14-19(7-3)12-10-17;1-2/h5-16H2,1-4H3;1-2H3. The second-order valence-corrected chi connectivity index (χ2v) is 5.74. The Bertz CT molecular complexity index is 171. The van der Waals surface area contributed by atoms with E-state index in [-0.39, 0.29) is 0 Å². The van der Waals surface area contributed by atoms with E-state index in [1.54, 1.807) is 0 Å². The van der Waals surface area contributed by atoms with Crippen LogP contribution in [0.3, 0.4) is 0 Å². The molecule has 1 aliphatic rings. The fraction of sp³-hybridized carbons (Fsp3) is 1.00. The summed E-state index contributed by atoms with van der Waals surface area (Å²) in [4.78, 5) is 10.4. The lowest BCUT2D eigenvalue weighted by Crippen LogP contribution is -2.45. The molecule has 134 valence electrons. The van der Waals surface area contributed by atoms with Gasteiger partial charge in [-0.15, -0.1) is 0 Å². The first-order valence-corrected chi connectivity index (χ1v) is 9.62. The lowest BCUT2D eigenvalue weighted by atomic mass is 10.3. The Kier molecular flexibility index (Phi) is 14.3. The van der Waals surface area contributed by atoms with E-state index in [1.165, 1.54) is 78.5 Å². The molecular formula is C18H42N4. The average Bonchev–Trinajstić information content (AvgIpc) is 2.57. The summed E-state index contributed by atoms with van der Waals surface area (Å²) in [5, 5.41) is 0.